The highest BCUT2D eigenvalue weighted by Gasteiger charge is 2.20. The predicted octanol–water partition coefficient (Wildman–Crippen LogP) is 4.25. The van der Waals surface area contributed by atoms with Crippen LogP contribution in [0.1, 0.15) is 11.3 Å². The summed E-state index contributed by atoms with van der Waals surface area (Å²) in [5, 5.41) is 14.0. The van der Waals surface area contributed by atoms with Crippen LogP contribution in [0.15, 0.2) is 65.7 Å². The molecular weight excluding hydrogens is 466 g/mol. The average molecular weight is 486 g/mol. The molecule has 0 saturated carbocycles. The summed E-state index contributed by atoms with van der Waals surface area (Å²) in [5.74, 6) is -0.657. The highest BCUT2D eigenvalue weighted by Crippen LogP contribution is 2.29. The molecular formula is C26H20F2N6O2. The lowest BCUT2D eigenvalue weighted by molar-refractivity contribution is 0.181. The highest BCUT2D eigenvalue weighted by molar-refractivity contribution is 5.85. The number of fused-ring (bicyclic) bond motifs is 4. The molecule has 4 aromatic heterocycles. The summed E-state index contributed by atoms with van der Waals surface area (Å²) in [4.78, 5) is 16.4. The van der Waals surface area contributed by atoms with Gasteiger partial charge in [0.05, 0.1) is 17.9 Å². The van der Waals surface area contributed by atoms with Gasteiger partial charge in [-0.3, -0.25) is 4.79 Å². The molecule has 0 spiro atoms. The molecule has 2 aromatic carbocycles. The van der Waals surface area contributed by atoms with Crippen molar-refractivity contribution in [2.75, 3.05) is 7.11 Å². The third-order valence-corrected chi connectivity index (χ3v) is 6.29. The van der Waals surface area contributed by atoms with Crippen molar-refractivity contribution in [3.8, 4) is 11.1 Å². The van der Waals surface area contributed by atoms with E-state index in [1.54, 1.807) is 46.7 Å². The fraction of sp³-hybridized carbons (Fsp3) is 0.154. The number of aryl methyl sites for hydroxylation is 2. The van der Waals surface area contributed by atoms with Gasteiger partial charge in [-0.05, 0) is 53.9 Å². The first kappa shape index (κ1) is 22.1. The van der Waals surface area contributed by atoms with E-state index < -0.39 is 0 Å². The molecule has 0 aliphatic rings. The van der Waals surface area contributed by atoms with Gasteiger partial charge in [0.25, 0.3) is 5.56 Å². The maximum absolute atomic E-state index is 13.7. The van der Waals surface area contributed by atoms with E-state index in [0.717, 1.165) is 22.0 Å². The number of methoxy groups -OCH3 is 1. The third kappa shape index (κ3) is 3.62. The quantitative estimate of drug-likeness (QED) is 0.380. The monoisotopic (exact) mass is 486 g/mol. The lowest BCUT2D eigenvalue weighted by atomic mass is 10.1. The van der Waals surface area contributed by atoms with Gasteiger partial charge in [-0.25, -0.2) is 13.3 Å². The molecule has 0 saturated heterocycles. The van der Waals surface area contributed by atoms with E-state index in [9.17, 15) is 13.6 Å². The Hall–Kier alpha value is -4.44. The molecule has 4 heterocycles. The van der Waals surface area contributed by atoms with E-state index in [2.05, 4.69) is 20.3 Å². The number of halogens is 2. The molecule has 0 fully saturated rings. The highest BCUT2D eigenvalue weighted by atomic mass is 19.1. The van der Waals surface area contributed by atoms with Gasteiger partial charge in [-0.1, -0.05) is 12.1 Å². The molecule has 36 heavy (non-hydrogen) atoms. The summed E-state index contributed by atoms with van der Waals surface area (Å²) in [6.07, 6.45) is 4.05. The van der Waals surface area contributed by atoms with Crippen molar-refractivity contribution >= 4 is 27.6 Å². The molecule has 180 valence electrons. The van der Waals surface area contributed by atoms with Crippen LogP contribution in [0.2, 0.25) is 0 Å². The lowest BCUT2D eigenvalue weighted by Crippen LogP contribution is -2.22. The summed E-state index contributed by atoms with van der Waals surface area (Å²) in [6.45, 7) is 0.590. The van der Waals surface area contributed by atoms with Crippen LogP contribution in [0.3, 0.4) is 0 Å². The number of hydrogen-bond donors (Lipinski definition) is 1. The van der Waals surface area contributed by atoms with Crippen molar-refractivity contribution < 1.29 is 13.5 Å². The van der Waals surface area contributed by atoms with E-state index in [1.807, 2.05) is 6.20 Å². The van der Waals surface area contributed by atoms with Gasteiger partial charge in [0.2, 0.25) is 0 Å². The summed E-state index contributed by atoms with van der Waals surface area (Å²) in [5.41, 5.74) is 4.55. The number of nitrogens with one attached hydrogen (secondary N) is 1. The largest absolute Gasteiger partial charge is 0.378 e. The van der Waals surface area contributed by atoms with Crippen LogP contribution < -0.4 is 5.56 Å². The van der Waals surface area contributed by atoms with Crippen molar-refractivity contribution in [2.45, 2.75) is 19.6 Å². The van der Waals surface area contributed by atoms with E-state index in [1.165, 1.54) is 24.3 Å². The number of ether oxygens (including phenoxy) is 1. The number of hydrogen-bond acceptors (Lipinski definition) is 5. The van der Waals surface area contributed by atoms with Gasteiger partial charge >= 0.3 is 0 Å². The Kier molecular flexibility index (Phi) is 5.30. The minimum absolute atomic E-state index is 0.173. The minimum atomic E-state index is -0.349. The van der Waals surface area contributed by atoms with Crippen LogP contribution in [0, 0.1) is 11.6 Å². The first-order chi connectivity index (χ1) is 17.5. The van der Waals surface area contributed by atoms with Crippen molar-refractivity contribution in [3.63, 3.8) is 0 Å². The van der Waals surface area contributed by atoms with Gasteiger partial charge < -0.3 is 14.3 Å². The van der Waals surface area contributed by atoms with E-state index in [4.69, 9.17) is 4.74 Å². The van der Waals surface area contributed by atoms with Gasteiger partial charge in [0.15, 0.2) is 11.2 Å². The normalized spacial score (nSPS) is 11.8. The number of H-pyrrole nitrogens is 1. The van der Waals surface area contributed by atoms with E-state index in [-0.39, 0.29) is 29.3 Å². The van der Waals surface area contributed by atoms with Crippen molar-refractivity contribution in [2.24, 2.45) is 0 Å². The zero-order valence-electron chi connectivity index (χ0n) is 19.2. The standard InChI is InChI=1S/C26H20F2N6O2/c1-36-14-21-23(15-2-4-17(27)5-3-15)25-31-30-24-22(34(25)32-21)9-11-33(26(24)35)10-8-16-13-29-20-7-6-18(28)12-19(16)20/h2-7,9,11-13,29H,8,10,14H2,1H3. The molecule has 8 nitrogen and oxygen atoms in total. The predicted molar refractivity (Wildman–Crippen MR) is 131 cm³/mol. The Morgan fingerprint density at radius 1 is 1.03 bits per heavy atom. The number of aromatic amines is 1. The van der Waals surface area contributed by atoms with Gasteiger partial charge in [-0.15, -0.1) is 10.2 Å². The molecule has 0 aliphatic carbocycles. The Bertz CT molecular complexity index is 1800. The zero-order valence-corrected chi connectivity index (χ0v) is 19.2. The zero-order chi connectivity index (χ0) is 24.8. The Morgan fingerprint density at radius 2 is 1.83 bits per heavy atom. The molecule has 0 unspecified atom stereocenters. The number of pyridine rings is 1. The second-order valence-corrected chi connectivity index (χ2v) is 8.50. The molecule has 6 aromatic rings. The number of aromatic nitrogens is 6. The molecule has 0 radical (unpaired) electrons. The van der Waals surface area contributed by atoms with Crippen LogP contribution in [-0.4, -0.2) is 36.5 Å². The maximum atomic E-state index is 13.7. The Balaban J connectivity index is 1.41. The first-order valence-electron chi connectivity index (χ1n) is 11.3. The van der Waals surface area contributed by atoms with Crippen LogP contribution >= 0.6 is 0 Å². The fourth-order valence-corrected chi connectivity index (χ4v) is 4.55. The molecule has 0 atom stereocenters. The summed E-state index contributed by atoms with van der Waals surface area (Å²) in [6, 6.07) is 12.4. The van der Waals surface area contributed by atoms with Crippen LogP contribution in [0.4, 0.5) is 8.78 Å². The maximum Gasteiger partial charge on any atom is 0.280 e. The average Bonchev–Trinajstić information content (AvgIpc) is 3.45. The Morgan fingerprint density at radius 3 is 2.64 bits per heavy atom. The topological polar surface area (TPSA) is 90.1 Å². The number of benzene rings is 2. The third-order valence-electron chi connectivity index (χ3n) is 6.29. The van der Waals surface area contributed by atoms with Crippen LogP contribution in [0.25, 0.3) is 38.7 Å². The van der Waals surface area contributed by atoms with Gasteiger partial charge in [0, 0.05) is 37.0 Å². The molecule has 6 rings (SSSR count). The molecule has 10 heteroatoms. The molecule has 0 bridgehead atoms. The van der Waals surface area contributed by atoms with E-state index >= 15 is 0 Å². The van der Waals surface area contributed by atoms with Crippen LogP contribution in [-0.2, 0) is 24.3 Å². The number of nitrogens with zero attached hydrogens (tertiary/aromatic N) is 5. The number of rotatable bonds is 6. The fourth-order valence-electron chi connectivity index (χ4n) is 4.55. The lowest BCUT2D eigenvalue weighted by Gasteiger charge is -2.07. The SMILES string of the molecule is COCc1nn2c(nnc3c(=O)n(CCc4c[nH]c5ccc(F)cc45)ccc32)c1-c1ccc(F)cc1. The summed E-state index contributed by atoms with van der Waals surface area (Å²) >= 11 is 0. The van der Waals surface area contributed by atoms with Crippen LogP contribution in [0.5, 0.6) is 0 Å². The summed E-state index contributed by atoms with van der Waals surface area (Å²) in [7, 11) is 1.56. The Labute approximate surface area is 202 Å². The smallest absolute Gasteiger partial charge is 0.280 e. The molecule has 1 N–H and O–H groups in total. The van der Waals surface area contributed by atoms with Gasteiger partial charge in [-0.2, -0.15) is 5.10 Å². The first-order valence-corrected chi connectivity index (χ1v) is 11.3. The second kappa shape index (κ2) is 8.65. The van der Waals surface area contributed by atoms with E-state index in [0.29, 0.717) is 35.4 Å². The minimum Gasteiger partial charge on any atom is -0.378 e. The van der Waals surface area contributed by atoms with Crippen molar-refractivity contribution in [3.05, 3.63) is 94.2 Å². The summed E-state index contributed by atoms with van der Waals surface area (Å²) < 4.78 is 35.7. The van der Waals surface area contributed by atoms with Gasteiger partial charge in [0.1, 0.15) is 17.2 Å². The second-order valence-electron chi connectivity index (χ2n) is 8.50. The molecule has 0 amide bonds. The molecule has 0 aliphatic heterocycles. The van der Waals surface area contributed by atoms with Crippen molar-refractivity contribution in [1.82, 2.24) is 29.4 Å². The van der Waals surface area contributed by atoms with Crippen molar-refractivity contribution in [1.29, 1.82) is 0 Å².